The molecule has 3 rings (SSSR count). The van der Waals surface area contributed by atoms with Gasteiger partial charge in [-0.2, -0.15) is 13.2 Å². The van der Waals surface area contributed by atoms with Crippen molar-refractivity contribution in [1.29, 1.82) is 0 Å². The molecule has 0 radical (unpaired) electrons. The summed E-state index contributed by atoms with van der Waals surface area (Å²) in [6.07, 6.45) is -3.57. The first-order chi connectivity index (χ1) is 14.1. The average molecular weight is 424 g/mol. The molecule has 2 aromatic rings. The van der Waals surface area contributed by atoms with Crippen molar-refractivity contribution >= 4 is 23.3 Å². The minimum Gasteiger partial charge on any atom is -0.325 e. The van der Waals surface area contributed by atoms with E-state index in [2.05, 4.69) is 10.3 Å². The van der Waals surface area contributed by atoms with Crippen LogP contribution in [0.15, 0.2) is 42.6 Å². The van der Waals surface area contributed by atoms with Crippen LogP contribution in [0, 0.1) is 11.7 Å². The minimum absolute atomic E-state index is 0.0000197. The Bertz CT molecular complexity index is 914. The van der Waals surface area contributed by atoms with E-state index >= 15 is 0 Å². The third-order valence-corrected chi connectivity index (χ3v) is 4.81. The molecule has 160 valence electrons. The van der Waals surface area contributed by atoms with Crippen LogP contribution in [-0.4, -0.2) is 41.0 Å². The Hall–Kier alpha value is -3.17. The zero-order valence-corrected chi connectivity index (χ0v) is 16.3. The number of alkyl halides is 3. The number of aromatic nitrogens is 1. The molecule has 1 aromatic heterocycles. The number of hydrogen-bond acceptors (Lipinski definition) is 3. The largest absolute Gasteiger partial charge is 0.433 e. The predicted octanol–water partition coefficient (Wildman–Crippen LogP) is 4.14. The molecule has 1 aliphatic heterocycles. The van der Waals surface area contributed by atoms with Gasteiger partial charge >= 0.3 is 12.2 Å². The highest BCUT2D eigenvalue weighted by Gasteiger charge is 2.41. The number of pyridine rings is 1. The number of nitrogens with one attached hydrogen (secondary N) is 1. The monoisotopic (exact) mass is 424 g/mol. The Morgan fingerprint density at radius 1 is 1.20 bits per heavy atom. The van der Waals surface area contributed by atoms with Crippen LogP contribution < -0.4 is 10.2 Å². The number of carbonyl (C=O) groups is 2. The summed E-state index contributed by atoms with van der Waals surface area (Å²) in [5, 5.41) is 2.60. The van der Waals surface area contributed by atoms with Gasteiger partial charge in [0.05, 0.1) is 17.9 Å². The molecule has 1 atom stereocenters. The summed E-state index contributed by atoms with van der Waals surface area (Å²) in [5.74, 6) is -0.906. The smallest absolute Gasteiger partial charge is 0.325 e. The predicted molar refractivity (Wildman–Crippen MR) is 102 cm³/mol. The number of halogens is 4. The lowest BCUT2D eigenvalue weighted by molar-refractivity contribution is -0.141. The van der Waals surface area contributed by atoms with Gasteiger partial charge in [-0.15, -0.1) is 0 Å². The maximum absolute atomic E-state index is 13.0. The summed E-state index contributed by atoms with van der Waals surface area (Å²) in [4.78, 5) is 31.4. The van der Waals surface area contributed by atoms with Crippen molar-refractivity contribution in [2.75, 3.05) is 23.3 Å². The fourth-order valence-corrected chi connectivity index (χ4v) is 3.23. The second-order valence-corrected chi connectivity index (χ2v) is 7.29. The first-order valence-corrected chi connectivity index (χ1v) is 9.23. The highest BCUT2D eigenvalue weighted by Crippen LogP contribution is 2.31. The normalized spacial score (nSPS) is 17.0. The number of amides is 3. The molecule has 0 saturated carbocycles. The second kappa shape index (κ2) is 8.29. The van der Waals surface area contributed by atoms with Crippen LogP contribution in [0.25, 0.3) is 0 Å². The molecule has 1 fully saturated rings. The number of carbonyl (C=O) groups excluding carboxylic acids is 2. The Morgan fingerprint density at radius 2 is 1.87 bits per heavy atom. The minimum atomic E-state index is -4.57. The molecular formula is C20H20F4N4O2. The van der Waals surface area contributed by atoms with Crippen molar-refractivity contribution in [3.05, 3.63) is 54.1 Å². The van der Waals surface area contributed by atoms with Crippen molar-refractivity contribution in [3.8, 4) is 0 Å². The summed E-state index contributed by atoms with van der Waals surface area (Å²) in [7, 11) is 0. The summed E-state index contributed by atoms with van der Waals surface area (Å²) in [6.45, 7) is 3.74. The van der Waals surface area contributed by atoms with Gasteiger partial charge in [0.15, 0.2) is 0 Å². The summed E-state index contributed by atoms with van der Waals surface area (Å²) < 4.78 is 51.2. The molecule has 0 bridgehead atoms. The average Bonchev–Trinajstić information content (AvgIpc) is 3.00. The van der Waals surface area contributed by atoms with E-state index in [1.807, 2.05) is 13.8 Å². The van der Waals surface area contributed by atoms with E-state index in [9.17, 15) is 27.2 Å². The van der Waals surface area contributed by atoms with E-state index in [-0.39, 0.29) is 30.7 Å². The standard InChI is InChI=1S/C20H20F4N4O2/c1-12(2)16-10-27(15-7-8-17(25-9-15)20(22,23)24)19(30)28(16)11-18(29)26-14-5-3-13(21)4-6-14/h3-9,12,16H,10-11H2,1-2H3,(H,26,29)/t16-/m1/s1. The van der Waals surface area contributed by atoms with E-state index in [4.69, 9.17) is 0 Å². The van der Waals surface area contributed by atoms with Crippen molar-refractivity contribution in [1.82, 2.24) is 9.88 Å². The molecule has 1 N–H and O–H groups in total. The Labute approximate surface area is 170 Å². The van der Waals surface area contributed by atoms with E-state index in [0.717, 1.165) is 12.3 Å². The van der Waals surface area contributed by atoms with Crippen LogP contribution in [0.3, 0.4) is 0 Å². The molecule has 10 heteroatoms. The molecule has 1 saturated heterocycles. The van der Waals surface area contributed by atoms with E-state index in [0.29, 0.717) is 5.69 Å². The lowest BCUT2D eigenvalue weighted by atomic mass is 10.0. The van der Waals surface area contributed by atoms with Gasteiger partial charge in [-0.1, -0.05) is 13.8 Å². The van der Waals surface area contributed by atoms with Crippen LogP contribution in [0.4, 0.5) is 33.7 Å². The molecule has 6 nitrogen and oxygen atoms in total. The first kappa shape index (κ1) is 21.5. The molecule has 3 amide bonds. The first-order valence-electron chi connectivity index (χ1n) is 9.23. The lowest BCUT2D eigenvalue weighted by Crippen LogP contribution is -2.42. The number of nitrogens with zero attached hydrogens (tertiary/aromatic N) is 3. The molecule has 2 heterocycles. The molecule has 0 unspecified atom stereocenters. The summed E-state index contributed by atoms with van der Waals surface area (Å²) >= 11 is 0. The topological polar surface area (TPSA) is 65.5 Å². The number of rotatable bonds is 5. The third-order valence-electron chi connectivity index (χ3n) is 4.81. The quantitative estimate of drug-likeness (QED) is 0.734. The van der Waals surface area contributed by atoms with Crippen molar-refractivity contribution in [2.45, 2.75) is 26.1 Å². The Balaban J connectivity index is 1.74. The van der Waals surface area contributed by atoms with Gasteiger partial charge in [0.2, 0.25) is 5.91 Å². The zero-order valence-electron chi connectivity index (χ0n) is 16.3. The van der Waals surface area contributed by atoms with Gasteiger partial charge in [-0.3, -0.25) is 9.69 Å². The van der Waals surface area contributed by atoms with E-state index < -0.39 is 29.6 Å². The fourth-order valence-electron chi connectivity index (χ4n) is 3.23. The van der Waals surface area contributed by atoms with Gasteiger partial charge in [0, 0.05) is 12.2 Å². The lowest BCUT2D eigenvalue weighted by Gasteiger charge is -2.25. The zero-order chi connectivity index (χ0) is 22.1. The highest BCUT2D eigenvalue weighted by atomic mass is 19.4. The van der Waals surface area contributed by atoms with Gasteiger partial charge < -0.3 is 10.2 Å². The molecule has 1 aliphatic rings. The molecule has 0 spiro atoms. The van der Waals surface area contributed by atoms with E-state index in [1.165, 1.54) is 40.1 Å². The third kappa shape index (κ3) is 4.69. The number of anilines is 2. The van der Waals surface area contributed by atoms with Crippen LogP contribution in [0.2, 0.25) is 0 Å². The Morgan fingerprint density at radius 3 is 2.40 bits per heavy atom. The van der Waals surface area contributed by atoms with Gasteiger partial charge in [-0.05, 0) is 42.3 Å². The Kier molecular flexibility index (Phi) is 5.95. The van der Waals surface area contributed by atoms with Crippen LogP contribution in [0.5, 0.6) is 0 Å². The van der Waals surface area contributed by atoms with Crippen molar-refractivity contribution in [2.24, 2.45) is 5.92 Å². The summed E-state index contributed by atoms with van der Waals surface area (Å²) in [6, 6.07) is 6.39. The van der Waals surface area contributed by atoms with Gasteiger partial charge in [0.25, 0.3) is 0 Å². The highest BCUT2D eigenvalue weighted by molar-refractivity contribution is 5.99. The molecule has 1 aromatic carbocycles. The number of urea groups is 1. The molecule has 30 heavy (non-hydrogen) atoms. The van der Waals surface area contributed by atoms with Crippen LogP contribution in [-0.2, 0) is 11.0 Å². The molecular weight excluding hydrogens is 404 g/mol. The van der Waals surface area contributed by atoms with Crippen LogP contribution in [0.1, 0.15) is 19.5 Å². The summed E-state index contributed by atoms with van der Waals surface area (Å²) in [5.41, 5.74) is -0.438. The fraction of sp³-hybridized carbons (Fsp3) is 0.350. The SMILES string of the molecule is CC(C)[C@H]1CN(c2ccc(C(F)(F)F)nc2)C(=O)N1CC(=O)Nc1ccc(F)cc1. The number of hydrogen-bond donors (Lipinski definition) is 1. The maximum Gasteiger partial charge on any atom is 0.433 e. The maximum atomic E-state index is 13.0. The van der Waals surface area contributed by atoms with Gasteiger partial charge in [0.1, 0.15) is 18.1 Å². The number of benzene rings is 1. The van der Waals surface area contributed by atoms with E-state index in [1.54, 1.807) is 0 Å². The second-order valence-electron chi connectivity index (χ2n) is 7.29. The molecule has 0 aliphatic carbocycles. The van der Waals surface area contributed by atoms with Crippen molar-refractivity contribution in [3.63, 3.8) is 0 Å². The van der Waals surface area contributed by atoms with Gasteiger partial charge in [-0.25, -0.2) is 14.2 Å². The van der Waals surface area contributed by atoms with Crippen molar-refractivity contribution < 1.29 is 27.2 Å². The van der Waals surface area contributed by atoms with Crippen LogP contribution >= 0.6 is 0 Å².